The van der Waals surface area contributed by atoms with Crippen LogP contribution in [-0.4, -0.2) is 28.3 Å². The first kappa shape index (κ1) is 14.2. The molecule has 1 aromatic rings. The highest BCUT2D eigenvalue weighted by molar-refractivity contribution is 5.94. The van der Waals surface area contributed by atoms with E-state index in [1.54, 1.807) is 0 Å². The Morgan fingerprint density at radius 1 is 1.30 bits per heavy atom. The van der Waals surface area contributed by atoms with Crippen molar-refractivity contribution in [3.63, 3.8) is 0 Å². The average Bonchev–Trinajstić information content (AvgIpc) is 2.74. The molecule has 20 heavy (non-hydrogen) atoms. The van der Waals surface area contributed by atoms with Crippen molar-refractivity contribution in [1.82, 2.24) is 5.32 Å². The van der Waals surface area contributed by atoms with Gasteiger partial charge in [-0.25, -0.2) is 9.59 Å². The molecule has 6 heteroatoms. The molecule has 0 spiro atoms. The number of hydrogen-bond acceptors (Lipinski definition) is 3. The molecule has 0 aliphatic heterocycles. The first-order chi connectivity index (χ1) is 9.47. The number of carbonyl (C=O) groups is 2. The zero-order chi connectivity index (χ0) is 14.7. The number of aromatic carboxylic acids is 1. The van der Waals surface area contributed by atoms with Crippen molar-refractivity contribution < 1.29 is 19.8 Å². The molecule has 1 fully saturated rings. The molecule has 1 aromatic carbocycles. The number of rotatable bonds is 3. The van der Waals surface area contributed by atoms with Crippen molar-refractivity contribution in [3.05, 3.63) is 23.8 Å². The van der Waals surface area contributed by atoms with Crippen LogP contribution in [0.2, 0.25) is 0 Å². The molecule has 2 unspecified atom stereocenters. The Kier molecular flexibility index (Phi) is 4.12. The Hall–Kier alpha value is -2.24. The predicted octanol–water partition coefficient (Wildman–Crippen LogP) is 2.40. The number of carboxylic acids is 1. The van der Waals surface area contributed by atoms with E-state index in [0.29, 0.717) is 11.6 Å². The molecule has 0 saturated heterocycles. The molecule has 108 valence electrons. The van der Waals surface area contributed by atoms with Gasteiger partial charge in [0, 0.05) is 17.8 Å². The summed E-state index contributed by atoms with van der Waals surface area (Å²) in [5.74, 6) is -1.12. The van der Waals surface area contributed by atoms with Crippen molar-refractivity contribution in [1.29, 1.82) is 0 Å². The van der Waals surface area contributed by atoms with Gasteiger partial charge in [-0.2, -0.15) is 0 Å². The lowest BCUT2D eigenvalue weighted by Crippen LogP contribution is -2.39. The van der Waals surface area contributed by atoms with Gasteiger partial charge in [-0.15, -0.1) is 0 Å². The van der Waals surface area contributed by atoms with E-state index in [9.17, 15) is 14.7 Å². The van der Waals surface area contributed by atoms with E-state index in [-0.39, 0.29) is 23.4 Å². The van der Waals surface area contributed by atoms with Gasteiger partial charge in [0.2, 0.25) is 0 Å². The first-order valence-electron chi connectivity index (χ1n) is 6.61. The third-order valence-electron chi connectivity index (χ3n) is 3.66. The third-order valence-corrected chi connectivity index (χ3v) is 3.66. The van der Waals surface area contributed by atoms with Crippen molar-refractivity contribution in [3.8, 4) is 5.75 Å². The molecule has 4 N–H and O–H groups in total. The van der Waals surface area contributed by atoms with Crippen LogP contribution < -0.4 is 10.6 Å². The van der Waals surface area contributed by atoms with Crippen LogP contribution in [-0.2, 0) is 0 Å². The predicted molar refractivity (Wildman–Crippen MR) is 74.0 cm³/mol. The lowest BCUT2D eigenvalue weighted by molar-refractivity contribution is 0.0694. The maximum Gasteiger partial charge on any atom is 0.339 e. The Morgan fingerprint density at radius 2 is 2.05 bits per heavy atom. The normalized spacial score (nSPS) is 21.4. The number of phenols is 1. The molecule has 2 rings (SSSR count). The number of benzene rings is 1. The minimum Gasteiger partial charge on any atom is -0.507 e. The smallest absolute Gasteiger partial charge is 0.339 e. The van der Waals surface area contributed by atoms with E-state index in [0.717, 1.165) is 19.3 Å². The van der Waals surface area contributed by atoms with Gasteiger partial charge in [0.25, 0.3) is 0 Å². The minimum atomic E-state index is -1.21. The second kappa shape index (κ2) is 5.81. The molecule has 0 bridgehead atoms. The van der Waals surface area contributed by atoms with Crippen LogP contribution in [0, 0.1) is 5.92 Å². The van der Waals surface area contributed by atoms with Crippen molar-refractivity contribution >= 4 is 17.7 Å². The fourth-order valence-corrected chi connectivity index (χ4v) is 2.49. The highest BCUT2D eigenvalue weighted by Crippen LogP contribution is 2.25. The monoisotopic (exact) mass is 278 g/mol. The van der Waals surface area contributed by atoms with Crippen LogP contribution in [0.25, 0.3) is 0 Å². The van der Waals surface area contributed by atoms with E-state index in [1.165, 1.54) is 18.2 Å². The van der Waals surface area contributed by atoms with Crippen molar-refractivity contribution in [2.24, 2.45) is 5.92 Å². The van der Waals surface area contributed by atoms with Gasteiger partial charge in [0.05, 0.1) is 0 Å². The van der Waals surface area contributed by atoms with Gasteiger partial charge in [-0.05, 0) is 30.9 Å². The topological polar surface area (TPSA) is 98.7 Å². The summed E-state index contributed by atoms with van der Waals surface area (Å²) in [4.78, 5) is 22.6. The van der Waals surface area contributed by atoms with E-state index < -0.39 is 5.97 Å². The van der Waals surface area contributed by atoms with Crippen LogP contribution in [0.5, 0.6) is 5.75 Å². The summed E-state index contributed by atoms with van der Waals surface area (Å²) in [7, 11) is 0. The third kappa shape index (κ3) is 3.20. The number of anilines is 1. The molecule has 0 heterocycles. The second-order valence-electron chi connectivity index (χ2n) is 5.15. The van der Waals surface area contributed by atoms with Gasteiger partial charge in [-0.1, -0.05) is 13.3 Å². The zero-order valence-electron chi connectivity index (χ0n) is 11.2. The van der Waals surface area contributed by atoms with Crippen LogP contribution >= 0.6 is 0 Å². The number of nitrogens with one attached hydrogen (secondary N) is 2. The van der Waals surface area contributed by atoms with Gasteiger partial charge < -0.3 is 20.8 Å². The number of amides is 2. The summed E-state index contributed by atoms with van der Waals surface area (Å²) in [6.45, 7) is 2.10. The fourth-order valence-electron chi connectivity index (χ4n) is 2.49. The molecule has 1 saturated carbocycles. The summed E-state index contributed by atoms with van der Waals surface area (Å²) < 4.78 is 0. The highest BCUT2D eigenvalue weighted by Gasteiger charge is 2.24. The van der Waals surface area contributed by atoms with Crippen LogP contribution in [0.3, 0.4) is 0 Å². The largest absolute Gasteiger partial charge is 0.507 e. The molecule has 2 amide bonds. The Morgan fingerprint density at radius 3 is 2.60 bits per heavy atom. The molecule has 1 aliphatic carbocycles. The quantitative estimate of drug-likeness (QED) is 0.682. The maximum absolute atomic E-state index is 11.8. The number of hydrogen-bond donors (Lipinski definition) is 4. The molecule has 1 aliphatic rings. The maximum atomic E-state index is 11.8. The average molecular weight is 278 g/mol. The van der Waals surface area contributed by atoms with Gasteiger partial charge in [0.15, 0.2) is 0 Å². The zero-order valence-corrected chi connectivity index (χ0v) is 11.2. The van der Waals surface area contributed by atoms with Crippen LogP contribution in [0.15, 0.2) is 18.2 Å². The van der Waals surface area contributed by atoms with Gasteiger partial charge in [0.1, 0.15) is 11.3 Å². The Labute approximate surface area is 116 Å². The van der Waals surface area contributed by atoms with Gasteiger partial charge >= 0.3 is 12.0 Å². The number of carboxylic acid groups (broad SMARTS) is 1. The molecule has 6 nitrogen and oxygen atoms in total. The lowest BCUT2D eigenvalue weighted by Gasteiger charge is -2.17. The molecule has 2 atom stereocenters. The summed E-state index contributed by atoms with van der Waals surface area (Å²) in [5.41, 5.74) is 0.163. The highest BCUT2D eigenvalue weighted by atomic mass is 16.4. The standard InChI is InChI=1S/C14H18N2O4/c1-8-3-2-4-11(8)16-14(20)15-9-5-6-10(13(18)19)12(17)7-9/h5-8,11,17H,2-4H2,1H3,(H,18,19)(H2,15,16,20). The van der Waals surface area contributed by atoms with Crippen LogP contribution in [0.4, 0.5) is 10.5 Å². The summed E-state index contributed by atoms with van der Waals surface area (Å²) in [6, 6.07) is 3.75. The van der Waals surface area contributed by atoms with Gasteiger partial charge in [-0.3, -0.25) is 0 Å². The van der Waals surface area contributed by atoms with Crippen molar-refractivity contribution in [2.75, 3.05) is 5.32 Å². The second-order valence-corrected chi connectivity index (χ2v) is 5.15. The molecular weight excluding hydrogens is 260 g/mol. The Bertz CT molecular complexity index is 530. The summed E-state index contributed by atoms with van der Waals surface area (Å²) in [5, 5.41) is 23.8. The number of carbonyl (C=O) groups excluding carboxylic acids is 1. The van der Waals surface area contributed by atoms with Crippen molar-refractivity contribution in [2.45, 2.75) is 32.2 Å². The number of urea groups is 1. The molecular formula is C14H18N2O4. The molecule has 0 radical (unpaired) electrons. The lowest BCUT2D eigenvalue weighted by atomic mass is 10.1. The SMILES string of the molecule is CC1CCCC1NC(=O)Nc1ccc(C(=O)O)c(O)c1. The van der Waals surface area contributed by atoms with E-state index in [1.807, 2.05) is 0 Å². The minimum absolute atomic E-state index is 0.168. The molecule has 0 aromatic heterocycles. The number of aromatic hydroxyl groups is 1. The van der Waals surface area contributed by atoms with E-state index in [2.05, 4.69) is 17.6 Å². The van der Waals surface area contributed by atoms with E-state index in [4.69, 9.17) is 5.11 Å². The Balaban J connectivity index is 1.97. The summed E-state index contributed by atoms with van der Waals surface area (Å²) >= 11 is 0. The first-order valence-corrected chi connectivity index (χ1v) is 6.61. The summed E-state index contributed by atoms with van der Waals surface area (Å²) in [6.07, 6.45) is 3.19. The van der Waals surface area contributed by atoms with E-state index >= 15 is 0 Å². The van der Waals surface area contributed by atoms with Crippen LogP contribution in [0.1, 0.15) is 36.5 Å². The fraction of sp³-hybridized carbons (Fsp3) is 0.429.